The van der Waals surface area contributed by atoms with Crippen LogP contribution in [0.25, 0.3) is 10.8 Å². The molecule has 0 amide bonds. The molecule has 5 unspecified atom stereocenters. The molecule has 4 aliphatic carbocycles. The highest BCUT2D eigenvalue weighted by Crippen LogP contribution is 2.62. The van der Waals surface area contributed by atoms with Crippen molar-refractivity contribution in [2.75, 3.05) is 6.61 Å². The molecule has 125 heavy (non-hydrogen) atoms. The molecule has 3 heterocycles. The van der Waals surface area contributed by atoms with Crippen LogP contribution in [0, 0.1) is 56.8 Å². The van der Waals surface area contributed by atoms with Crippen molar-refractivity contribution in [3.63, 3.8) is 0 Å². The highest BCUT2D eigenvalue weighted by atomic mass is 32.2. The lowest BCUT2D eigenvalue weighted by Gasteiger charge is -2.56. The van der Waals surface area contributed by atoms with Crippen LogP contribution >= 0.6 is 0 Å². The summed E-state index contributed by atoms with van der Waals surface area (Å²) in [6.45, 7) is 28.4. The van der Waals surface area contributed by atoms with Gasteiger partial charge in [-0.2, -0.15) is 0 Å². The molecule has 6 bridgehead atoms. The molecule has 5 atom stereocenters. The molecule has 12 heteroatoms. The molecule has 0 aromatic heterocycles. The topological polar surface area (TPSA) is 97.4 Å². The van der Waals surface area contributed by atoms with Gasteiger partial charge in [0.1, 0.15) is 17.6 Å². The molecule has 13 aromatic rings. The lowest BCUT2D eigenvalue weighted by Crippen LogP contribution is -2.47. The molecule has 7 fully saturated rings. The van der Waals surface area contributed by atoms with Crippen molar-refractivity contribution in [2.45, 2.75) is 241 Å². The molecule has 3 saturated heterocycles. The Morgan fingerprint density at radius 1 is 0.368 bits per heavy atom. The van der Waals surface area contributed by atoms with E-state index in [0.717, 1.165) is 45.8 Å². The second kappa shape index (κ2) is 38.1. The third kappa shape index (κ3) is 20.4. The van der Waals surface area contributed by atoms with E-state index < -0.39 is 18.2 Å². The number of hydrogen-bond donors (Lipinski definition) is 0. The first-order chi connectivity index (χ1) is 60.2. The van der Waals surface area contributed by atoms with Crippen LogP contribution in [0.1, 0.15) is 153 Å². The van der Waals surface area contributed by atoms with Gasteiger partial charge in [0.05, 0.1) is 62.0 Å². The Hall–Kier alpha value is -10.3. The van der Waals surface area contributed by atoms with Gasteiger partial charge in [-0.05, 0) is 278 Å². The van der Waals surface area contributed by atoms with E-state index in [-0.39, 0.29) is 102 Å². The molecule has 0 spiro atoms. The lowest BCUT2D eigenvalue weighted by molar-refractivity contribution is -0.162. The van der Waals surface area contributed by atoms with Crippen molar-refractivity contribution >= 4 is 72.3 Å². The van der Waals surface area contributed by atoms with Crippen LogP contribution in [0.5, 0.6) is 11.5 Å². The summed E-state index contributed by atoms with van der Waals surface area (Å²) in [6.07, 6.45) is 7.43. The Bertz CT molecular complexity index is 5530. The summed E-state index contributed by atoms with van der Waals surface area (Å²) >= 11 is 0. The second-order valence-electron chi connectivity index (χ2n) is 37.9. The number of ether oxygens (including phenoxy) is 5. The smallest absolute Gasteiger partial charge is 0.344 e. The summed E-state index contributed by atoms with van der Waals surface area (Å²) in [5, 5.41) is 2.64. The van der Waals surface area contributed by atoms with Crippen LogP contribution < -0.4 is 9.47 Å². The predicted octanol–water partition coefficient (Wildman–Crippen LogP) is 26.9. The summed E-state index contributed by atoms with van der Waals surface area (Å²) < 4.78 is 28.9. The Morgan fingerprint density at radius 2 is 0.704 bits per heavy atom. The minimum Gasteiger partial charge on any atom is -0.481 e. The van der Waals surface area contributed by atoms with Gasteiger partial charge in [-0.1, -0.05) is 238 Å². The Kier molecular flexibility index (Phi) is 26.9. The van der Waals surface area contributed by atoms with Gasteiger partial charge in [-0.3, -0.25) is 9.59 Å². The highest BCUT2D eigenvalue weighted by Gasteiger charge is 2.65. The first kappa shape index (κ1) is 88.1. The molecule has 0 radical (unpaired) electrons. The maximum atomic E-state index is 13.2. The Labute approximate surface area is 753 Å². The zero-order valence-electron chi connectivity index (χ0n) is 74.5. The van der Waals surface area contributed by atoms with Crippen LogP contribution in [-0.4, -0.2) is 48.9 Å². The van der Waals surface area contributed by atoms with Crippen LogP contribution in [0.2, 0.25) is 0 Å². The van der Waals surface area contributed by atoms with Crippen LogP contribution in [-0.2, 0) is 88.4 Å². The molecule has 4 saturated carbocycles. The third-order valence-electron chi connectivity index (χ3n) is 25.3. The van der Waals surface area contributed by atoms with Gasteiger partial charge >= 0.3 is 17.9 Å². The molecule has 3 aliphatic heterocycles. The SMILES string of the molecule is CC(C)(C)c1ccc([S+](c2ccc(C(C)(C)C)cc2)c2ccc(C(C)(C)C)cc2)cc1.Cc1cc([S+](c2ccccc2)c2ccccc2)cc(C)c1OC(=O)CC12CC3CC(CC(C3)C1)C2.Cc1cc([S+](c2ccccc2)c2ccccc2)cc(C)c1OCC(=O)OC1C2CC3C(=O)OC1C3O2.c1ccc([S+](c2ccccc2)c2cccc3ccccc23)cc1. The van der Waals surface area contributed by atoms with Crippen molar-refractivity contribution in [1.29, 1.82) is 0 Å². The summed E-state index contributed by atoms with van der Waals surface area (Å²) in [6, 6.07) is 116. The normalized spacial score (nSPS) is 20.2. The highest BCUT2D eigenvalue weighted by molar-refractivity contribution is 7.98. The van der Waals surface area contributed by atoms with E-state index in [1.165, 1.54) is 125 Å². The number of benzene rings is 13. The summed E-state index contributed by atoms with van der Waals surface area (Å²) in [5.74, 6) is 3.00. The lowest BCUT2D eigenvalue weighted by atomic mass is 9.49. The van der Waals surface area contributed by atoms with Gasteiger partial charge < -0.3 is 23.7 Å². The minimum absolute atomic E-state index is 0.0315. The number of esters is 3. The number of rotatable bonds is 19. The van der Waals surface area contributed by atoms with Gasteiger partial charge in [0, 0.05) is 29.7 Å². The zero-order valence-corrected chi connectivity index (χ0v) is 77.7. The molecule has 0 N–H and O–H groups in total. The van der Waals surface area contributed by atoms with E-state index in [1.54, 1.807) is 0 Å². The molecule has 8 nitrogen and oxygen atoms in total. The summed E-state index contributed by atoms with van der Waals surface area (Å²) in [5.41, 5.74) is 8.85. The number of aryl methyl sites for hydroxylation is 4. The van der Waals surface area contributed by atoms with Gasteiger partial charge in [0.15, 0.2) is 77.6 Å². The Balaban J connectivity index is 0.000000124. The maximum absolute atomic E-state index is 13.2. The molecule has 7 aliphatic rings. The molecule has 13 aromatic carbocycles. The predicted molar refractivity (Wildman–Crippen MR) is 511 cm³/mol. The van der Waals surface area contributed by atoms with Gasteiger partial charge in [-0.15, -0.1) is 0 Å². The van der Waals surface area contributed by atoms with E-state index in [0.29, 0.717) is 18.6 Å². The van der Waals surface area contributed by atoms with E-state index >= 15 is 0 Å². The monoisotopic (exact) mass is 1730 g/mol. The Morgan fingerprint density at radius 3 is 1.09 bits per heavy atom. The molecular weight excluding hydrogens is 1610 g/mol. The summed E-state index contributed by atoms with van der Waals surface area (Å²) in [4.78, 5) is 53.5. The van der Waals surface area contributed by atoms with Crippen molar-refractivity contribution in [3.05, 3.63) is 360 Å². The van der Waals surface area contributed by atoms with Crippen molar-refractivity contribution in [1.82, 2.24) is 0 Å². The summed E-state index contributed by atoms with van der Waals surface area (Å²) in [7, 11) is -0.682. The largest absolute Gasteiger partial charge is 0.481 e. The molecular formula is C113H118O8S4+4. The van der Waals surface area contributed by atoms with Crippen molar-refractivity contribution < 1.29 is 38.1 Å². The van der Waals surface area contributed by atoms with Gasteiger partial charge in [0.25, 0.3) is 0 Å². The van der Waals surface area contributed by atoms with Crippen molar-refractivity contribution in [3.8, 4) is 11.5 Å². The number of carbonyl (C=O) groups excluding carboxylic acids is 3. The third-order valence-corrected chi connectivity index (χ3v) is 34.2. The van der Waals surface area contributed by atoms with E-state index in [9.17, 15) is 14.4 Å². The average molecular weight is 1730 g/mol. The number of fused-ring (bicyclic) bond motifs is 2. The van der Waals surface area contributed by atoms with Crippen LogP contribution in [0.4, 0.5) is 0 Å². The molecule has 20 rings (SSSR count). The first-order valence-electron chi connectivity index (χ1n) is 44.4. The second-order valence-corrected chi connectivity index (χ2v) is 45.9. The van der Waals surface area contributed by atoms with Crippen LogP contribution in [0.3, 0.4) is 0 Å². The van der Waals surface area contributed by atoms with E-state index in [4.69, 9.17) is 23.7 Å². The average Bonchev–Trinajstić information content (AvgIpc) is 1.58. The van der Waals surface area contributed by atoms with Gasteiger partial charge in [0.2, 0.25) is 0 Å². The maximum Gasteiger partial charge on any atom is 0.344 e. The quantitative estimate of drug-likeness (QED) is 0.0449. The molecule has 638 valence electrons. The zero-order chi connectivity index (χ0) is 87.3. The standard InChI is InChI=1S/C32H35O2S.C30H39S.C29H27O6S.C22H17S/c1-22-13-29(35(27-9-5-3-6-10-27)28-11-7-4-8-12-28)14-23(2)31(22)34-30(33)21-32-18-24-15-25(19-32)17-26(16-24)20-32;1-28(2,3)22-10-16-25(17-11-22)31(26-18-12-23(13-19-26)29(4,5)6)27-20-14-24(15-21-27)30(7,8)9;1-17-13-21(36(19-9-5-3-6-10-19)20-11-7-4-8-12-20)14-18(2)25(17)32-16-24(30)34-27-23-15-22-26(33-23)28(27)35-29(22)31;1-3-12-19(13-4-1)23(20-14-5-2-6-15-20)22-17-9-11-18-10-7-8-16-21(18)22/h3-14,24-26H,15-21H2,1-2H3;10-21H,1-9H3;3-14,22-23,26-28H,15-16H2,1-2H3;1-17H/q4*+1. The number of hydrogen-bond acceptors (Lipinski definition) is 8. The van der Waals surface area contributed by atoms with E-state index in [2.05, 4.69) is 386 Å². The number of carbonyl (C=O) groups is 3. The van der Waals surface area contributed by atoms with Crippen LogP contribution in [0.15, 0.2) is 380 Å². The fourth-order valence-corrected chi connectivity index (χ4v) is 28.5. The minimum atomic E-state index is -0.558. The van der Waals surface area contributed by atoms with E-state index in [1.807, 2.05) is 26.0 Å². The van der Waals surface area contributed by atoms with Gasteiger partial charge in [-0.25, -0.2) is 4.79 Å². The fourth-order valence-electron chi connectivity index (χ4n) is 19.7. The first-order valence-corrected chi connectivity index (χ1v) is 49.3. The van der Waals surface area contributed by atoms with Crippen molar-refractivity contribution in [2.24, 2.45) is 29.1 Å². The fraction of sp³-hybridized carbons (Fsp3) is 0.301.